The van der Waals surface area contributed by atoms with Crippen LogP contribution in [0.5, 0.6) is 0 Å². The number of hydrogen-bond acceptors (Lipinski definition) is 6. The second-order valence-electron chi connectivity index (χ2n) is 5.64. The molecule has 0 aliphatic heterocycles. The zero-order chi connectivity index (χ0) is 15.7. The minimum absolute atomic E-state index is 0.285. The lowest BCUT2D eigenvalue weighted by Crippen LogP contribution is -2.38. The highest BCUT2D eigenvalue weighted by molar-refractivity contribution is 7.13. The van der Waals surface area contributed by atoms with Gasteiger partial charge in [-0.25, -0.2) is 4.98 Å². The summed E-state index contributed by atoms with van der Waals surface area (Å²) in [5.74, 6) is 0.656. The number of nitrogens with zero attached hydrogens (tertiary/aromatic N) is 2. The second kappa shape index (κ2) is 10.1. The molecular formula is C15H29N3O2S. The first kappa shape index (κ1) is 18.4. The van der Waals surface area contributed by atoms with Gasteiger partial charge in [0.1, 0.15) is 0 Å². The molecule has 1 aromatic rings. The van der Waals surface area contributed by atoms with Crippen LogP contribution >= 0.6 is 11.3 Å². The zero-order valence-electron chi connectivity index (χ0n) is 13.9. The first-order chi connectivity index (χ1) is 10.1. The van der Waals surface area contributed by atoms with Crippen LogP contribution < -0.4 is 10.2 Å². The molecule has 0 radical (unpaired) electrons. The van der Waals surface area contributed by atoms with E-state index in [1.54, 1.807) is 25.6 Å². The van der Waals surface area contributed by atoms with E-state index in [1.807, 2.05) is 0 Å². The third kappa shape index (κ3) is 6.74. The molecule has 0 aliphatic carbocycles. The molecule has 0 amide bonds. The van der Waals surface area contributed by atoms with Gasteiger partial charge in [0.05, 0.1) is 24.9 Å². The number of aromatic nitrogens is 1. The van der Waals surface area contributed by atoms with Gasteiger partial charge in [-0.2, -0.15) is 0 Å². The molecule has 0 spiro atoms. The van der Waals surface area contributed by atoms with E-state index in [1.165, 1.54) is 0 Å². The third-order valence-electron chi connectivity index (χ3n) is 3.12. The molecule has 0 bridgehead atoms. The molecule has 21 heavy (non-hydrogen) atoms. The fraction of sp³-hybridized carbons (Fsp3) is 0.800. The van der Waals surface area contributed by atoms with Gasteiger partial charge in [0, 0.05) is 32.7 Å². The third-order valence-corrected chi connectivity index (χ3v) is 4.05. The summed E-state index contributed by atoms with van der Waals surface area (Å²) in [6.07, 6.45) is 0. The van der Waals surface area contributed by atoms with Crippen LogP contribution in [0.15, 0.2) is 5.38 Å². The molecular weight excluding hydrogens is 286 g/mol. The quantitative estimate of drug-likeness (QED) is 0.679. The summed E-state index contributed by atoms with van der Waals surface area (Å²) in [5, 5.41) is 6.59. The number of rotatable bonds is 11. The highest BCUT2D eigenvalue weighted by Gasteiger charge is 2.17. The van der Waals surface area contributed by atoms with Gasteiger partial charge in [-0.15, -0.1) is 11.3 Å². The fourth-order valence-electron chi connectivity index (χ4n) is 2.02. The number of thiazole rings is 1. The molecule has 1 atom stereocenters. The highest BCUT2D eigenvalue weighted by Crippen LogP contribution is 2.22. The van der Waals surface area contributed by atoms with Crippen molar-refractivity contribution in [3.63, 3.8) is 0 Å². The summed E-state index contributed by atoms with van der Waals surface area (Å²) in [6.45, 7) is 10.6. The Bertz CT molecular complexity index is 385. The molecule has 1 aromatic heterocycles. The lowest BCUT2D eigenvalue weighted by atomic mass is 10.2. The Hall–Kier alpha value is -0.690. The maximum Gasteiger partial charge on any atom is 0.185 e. The Kier molecular flexibility index (Phi) is 8.84. The van der Waals surface area contributed by atoms with E-state index in [4.69, 9.17) is 14.5 Å². The van der Waals surface area contributed by atoms with E-state index in [0.717, 1.165) is 30.5 Å². The Labute approximate surface area is 132 Å². The maximum absolute atomic E-state index is 5.27. The summed E-state index contributed by atoms with van der Waals surface area (Å²) in [6, 6.07) is 0.285. The van der Waals surface area contributed by atoms with Crippen LogP contribution in [0, 0.1) is 5.92 Å². The first-order valence-corrected chi connectivity index (χ1v) is 8.36. The van der Waals surface area contributed by atoms with Crippen LogP contribution in [0.1, 0.15) is 26.5 Å². The molecule has 1 unspecified atom stereocenters. The van der Waals surface area contributed by atoms with E-state index in [9.17, 15) is 0 Å². The summed E-state index contributed by atoms with van der Waals surface area (Å²) in [7, 11) is 3.45. The largest absolute Gasteiger partial charge is 0.383 e. The van der Waals surface area contributed by atoms with Crippen molar-refractivity contribution in [1.29, 1.82) is 0 Å². The smallest absolute Gasteiger partial charge is 0.185 e. The topological polar surface area (TPSA) is 46.6 Å². The number of ether oxygens (including phenoxy) is 2. The SMILES string of the molecule is COCCN(c1nc(CNCC(C)C)cs1)C(C)COC. The average Bonchev–Trinajstić information content (AvgIpc) is 2.88. The Morgan fingerprint density at radius 1 is 1.29 bits per heavy atom. The summed E-state index contributed by atoms with van der Waals surface area (Å²) >= 11 is 1.68. The first-order valence-electron chi connectivity index (χ1n) is 7.48. The molecule has 0 saturated carbocycles. The van der Waals surface area contributed by atoms with E-state index < -0.39 is 0 Å². The summed E-state index contributed by atoms with van der Waals surface area (Å²) in [4.78, 5) is 6.99. The molecule has 5 nitrogen and oxygen atoms in total. The van der Waals surface area contributed by atoms with E-state index in [-0.39, 0.29) is 6.04 Å². The van der Waals surface area contributed by atoms with Crippen molar-refractivity contribution in [1.82, 2.24) is 10.3 Å². The van der Waals surface area contributed by atoms with Gasteiger partial charge in [0.25, 0.3) is 0 Å². The van der Waals surface area contributed by atoms with E-state index >= 15 is 0 Å². The number of nitrogens with one attached hydrogen (secondary N) is 1. The molecule has 6 heteroatoms. The molecule has 0 saturated heterocycles. The minimum Gasteiger partial charge on any atom is -0.383 e. The normalized spacial score (nSPS) is 12.9. The van der Waals surface area contributed by atoms with Crippen molar-refractivity contribution in [2.75, 3.05) is 45.4 Å². The zero-order valence-corrected chi connectivity index (χ0v) is 14.7. The van der Waals surface area contributed by atoms with Crippen molar-refractivity contribution < 1.29 is 9.47 Å². The fourth-order valence-corrected chi connectivity index (χ4v) is 2.98. The van der Waals surface area contributed by atoms with Gasteiger partial charge in [-0.1, -0.05) is 13.8 Å². The predicted molar refractivity (Wildman–Crippen MR) is 89.2 cm³/mol. The Morgan fingerprint density at radius 3 is 2.67 bits per heavy atom. The Balaban J connectivity index is 2.62. The van der Waals surface area contributed by atoms with Gasteiger partial charge in [0.15, 0.2) is 5.13 Å². The number of hydrogen-bond donors (Lipinski definition) is 1. The van der Waals surface area contributed by atoms with Crippen LogP contribution in [-0.4, -0.2) is 51.5 Å². The Morgan fingerprint density at radius 2 is 2.05 bits per heavy atom. The van der Waals surface area contributed by atoms with Gasteiger partial charge in [-0.3, -0.25) is 0 Å². The molecule has 122 valence electrons. The standard InChI is InChI=1S/C15H29N3O2S/c1-12(2)8-16-9-14-11-21-15(17-14)18(6-7-19-4)13(3)10-20-5/h11-13,16H,6-10H2,1-5H3. The van der Waals surface area contributed by atoms with Crippen LogP contribution in [0.3, 0.4) is 0 Å². The van der Waals surface area contributed by atoms with Crippen molar-refractivity contribution in [2.24, 2.45) is 5.92 Å². The molecule has 0 aliphatic rings. The van der Waals surface area contributed by atoms with Crippen LogP contribution in [-0.2, 0) is 16.0 Å². The van der Waals surface area contributed by atoms with Gasteiger partial charge in [0.2, 0.25) is 0 Å². The van der Waals surface area contributed by atoms with E-state index in [0.29, 0.717) is 19.1 Å². The molecule has 1 rings (SSSR count). The van der Waals surface area contributed by atoms with Crippen molar-refractivity contribution in [3.05, 3.63) is 11.1 Å². The van der Waals surface area contributed by atoms with Crippen molar-refractivity contribution in [3.8, 4) is 0 Å². The number of anilines is 1. The predicted octanol–water partition coefficient (Wildman–Crippen LogP) is 2.38. The van der Waals surface area contributed by atoms with Crippen molar-refractivity contribution in [2.45, 2.75) is 33.4 Å². The van der Waals surface area contributed by atoms with Crippen LogP contribution in [0.4, 0.5) is 5.13 Å². The highest BCUT2D eigenvalue weighted by atomic mass is 32.1. The molecule has 1 N–H and O–H groups in total. The van der Waals surface area contributed by atoms with Gasteiger partial charge >= 0.3 is 0 Å². The van der Waals surface area contributed by atoms with Gasteiger partial charge < -0.3 is 19.7 Å². The number of methoxy groups -OCH3 is 2. The lowest BCUT2D eigenvalue weighted by molar-refractivity contribution is 0.171. The molecule has 0 aromatic carbocycles. The second-order valence-corrected chi connectivity index (χ2v) is 6.47. The average molecular weight is 315 g/mol. The molecule has 1 heterocycles. The van der Waals surface area contributed by atoms with Crippen molar-refractivity contribution >= 4 is 16.5 Å². The minimum atomic E-state index is 0.285. The van der Waals surface area contributed by atoms with Gasteiger partial charge in [-0.05, 0) is 19.4 Å². The lowest BCUT2D eigenvalue weighted by Gasteiger charge is -2.28. The maximum atomic E-state index is 5.27. The van der Waals surface area contributed by atoms with E-state index in [2.05, 4.69) is 36.4 Å². The monoisotopic (exact) mass is 315 g/mol. The summed E-state index contributed by atoms with van der Waals surface area (Å²) < 4.78 is 10.5. The van der Waals surface area contributed by atoms with Crippen LogP contribution in [0.25, 0.3) is 0 Å². The summed E-state index contributed by atoms with van der Waals surface area (Å²) in [5.41, 5.74) is 1.10. The molecule has 0 fully saturated rings. The van der Waals surface area contributed by atoms with Crippen LogP contribution in [0.2, 0.25) is 0 Å².